The van der Waals surface area contributed by atoms with Crippen molar-refractivity contribution in [2.45, 2.75) is 55.3 Å². The molecule has 250 valence electrons. The number of allylic oxidation sites excluding steroid dienone is 1. The Bertz CT molecular complexity index is 1780. The fourth-order valence-corrected chi connectivity index (χ4v) is 6.77. The lowest BCUT2D eigenvalue weighted by atomic mass is 9.89. The summed E-state index contributed by atoms with van der Waals surface area (Å²) in [6, 6.07) is 15.7. The van der Waals surface area contributed by atoms with Crippen LogP contribution in [-0.4, -0.2) is 55.8 Å². The van der Waals surface area contributed by atoms with E-state index in [9.17, 15) is 18.7 Å². The van der Waals surface area contributed by atoms with E-state index in [0.717, 1.165) is 12.1 Å². The predicted octanol–water partition coefficient (Wildman–Crippen LogP) is 6.17. The van der Waals surface area contributed by atoms with Gasteiger partial charge < -0.3 is 19.3 Å². The maximum Gasteiger partial charge on any atom is 0.339 e. The molecule has 1 aliphatic heterocycles. The van der Waals surface area contributed by atoms with E-state index in [-0.39, 0.29) is 41.7 Å². The average Bonchev–Trinajstić information content (AvgIpc) is 3.60. The van der Waals surface area contributed by atoms with Gasteiger partial charge >= 0.3 is 5.97 Å². The fourth-order valence-electron chi connectivity index (χ4n) is 5.41. The molecule has 5 rings (SSSR count). The number of aliphatic hydroxyl groups is 1. The first-order valence-electron chi connectivity index (χ1n) is 15.2. The summed E-state index contributed by atoms with van der Waals surface area (Å²) in [7, 11) is 0. The van der Waals surface area contributed by atoms with Gasteiger partial charge in [0.25, 0.3) is 0 Å². The zero-order valence-corrected chi connectivity index (χ0v) is 26.8. The van der Waals surface area contributed by atoms with Gasteiger partial charge in [0, 0.05) is 28.9 Å². The van der Waals surface area contributed by atoms with Crippen LogP contribution in [0, 0.1) is 28.8 Å². The van der Waals surface area contributed by atoms with Crippen molar-refractivity contribution in [2.24, 2.45) is 0 Å². The Labute approximate surface area is 280 Å². The second-order valence-corrected chi connectivity index (χ2v) is 12.8. The molecule has 0 spiro atoms. The van der Waals surface area contributed by atoms with Crippen molar-refractivity contribution >= 4 is 23.8 Å². The molecule has 48 heavy (non-hydrogen) atoms. The van der Waals surface area contributed by atoms with Gasteiger partial charge in [-0.1, -0.05) is 36.4 Å². The van der Waals surface area contributed by atoms with Crippen molar-refractivity contribution in [1.82, 2.24) is 14.8 Å². The largest absolute Gasteiger partial charge is 0.447 e. The number of carbonyl (C=O) groups is 1. The van der Waals surface area contributed by atoms with Gasteiger partial charge in [0.15, 0.2) is 11.9 Å². The summed E-state index contributed by atoms with van der Waals surface area (Å²) < 4.78 is 63.5. The molecule has 0 amide bonds. The van der Waals surface area contributed by atoms with Crippen LogP contribution in [0.2, 0.25) is 0 Å². The van der Waals surface area contributed by atoms with Crippen LogP contribution in [-0.2, 0) is 33.0 Å². The second-order valence-electron chi connectivity index (χ2n) is 11.1. The Kier molecular flexibility index (Phi) is 11.7. The number of carbonyl (C=O) groups excluding carboxylic acids is 1. The van der Waals surface area contributed by atoms with Gasteiger partial charge in [0.2, 0.25) is 0 Å². The Morgan fingerprint density at radius 3 is 2.65 bits per heavy atom. The summed E-state index contributed by atoms with van der Waals surface area (Å²) in [5.41, 5.74) is -0.732. The number of aliphatic hydroxyl groups excluding tert-OH is 1. The normalized spacial score (nSPS) is 18.2. The Balaban J connectivity index is 1.32. The highest BCUT2D eigenvalue weighted by atomic mass is 32.2. The highest BCUT2D eigenvalue weighted by molar-refractivity contribution is 8.00. The number of hydrogen-bond acceptors (Lipinski definition) is 9. The molecule has 0 bridgehead atoms. The van der Waals surface area contributed by atoms with Crippen molar-refractivity contribution in [3.63, 3.8) is 0 Å². The van der Waals surface area contributed by atoms with E-state index in [0.29, 0.717) is 24.0 Å². The molecule has 0 aliphatic carbocycles. The average molecular weight is 679 g/mol. The molecule has 1 aromatic heterocycles. The lowest BCUT2D eigenvalue weighted by molar-refractivity contribution is -0.177. The molecule has 3 aromatic carbocycles. The third-order valence-electron chi connectivity index (χ3n) is 7.92. The molecule has 0 saturated carbocycles. The van der Waals surface area contributed by atoms with E-state index in [1.807, 2.05) is 6.07 Å². The summed E-state index contributed by atoms with van der Waals surface area (Å²) in [6.07, 6.45) is 6.71. The van der Waals surface area contributed by atoms with E-state index in [1.54, 1.807) is 49.4 Å². The van der Waals surface area contributed by atoms with Crippen LogP contribution in [0.3, 0.4) is 0 Å². The SMILES string of the molecule is C[C@@H](SC1COC(CC/C=C/c2ccc(C#N)cc2F)OC1)[C@@](Cn1cncn1)(OC(=O)c1ccccc1CO)c1ccc(F)cc1F. The van der Waals surface area contributed by atoms with Crippen LogP contribution >= 0.6 is 11.8 Å². The molecule has 1 N–H and O–H groups in total. The van der Waals surface area contributed by atoms with Crippen molar-refractivity contribution in [2.75, 3.05) is 13.2 Å². The number of nitrogens with zero attached hydrogens (tertiary/aromatic N) is 4. The molecule has 9 nitrogen and oxygen atoms in total. The number of halogens is 3. The maximum absolute atomic E-state index is 15.7. The number of hydrogen-bond donors (Lipinski definition) is 1. The maximum atomic E-state index is 15.7. The van der Waals surface area contributed by atoms with Crippen LogP contribution in [0.4, 0.5) is 13.2 Å². The van der Waals surface area contributed by atoms with Crippen LogP contribution in [0.15, 0.2) is 79.4 Å². The molecule has 2 atom stereocenters. The minimum absolute atomic E-state index is 0.0600. The number of benzene rings is 3. The number of ether oxygens (including phenoxy) is 3. The Morgan fingerprint density at radius 1 is 1.17 bits per heavy atom. The summed E-state index contributed by atoms with van der Waals surface area (Å²) in [5.74, 6) is -2.98. The molecular weight excluding hydrogens is 645 g/mol. The number of aromatic nitrogens is 3. The van der Waals surface area contributed by atoms with Gasteiger partial charge in [-0.3, -0.25) is 0 Å². The van der Waals surface area contributed by atoms with Crippen molar-refractivity contribution in [1.29, 1.82) is 5.26 Å². The molecule has 0 unspecified atom stereocenters. The summed E-state index contributed by atoms with van der Waals surface area (Å²) in [4.78, 5) is 17.7. The van der Waals surface area contributed by atoms with E-state index >= 15 is 4.39 Å². The number of esters is 1. The minimum atomic E-state index is -1.72. The number of nitriles is 1. The molecular formula is C35H33F3N4O5S. The first-order valence-corrected chi connectivity index (χ1v) is 16.1. The molecule has 1 fully saturated rings. The quantitative estimate of drug-likeness (QED) is 0.166. The third kappa shape index (κ3) is 8.32. The van der Waals surface area contributed by atoms with Gasteiger partial charge in [-0.15, -0.1) is 11.8 Å². The van der Waals surface area contributed by atoms with Crippen molar-refractivity contribution < 1.29 is 37.3 Å². The van der Waals surface area contributed by atoms with E-state index < -0.39 is 47.2 Å². The third-order valence-corrected chi connectivity index (χ3v) is 9.36. The van der Waals surface area contributed by atoms with Crippen LogP contribution in [0.5, 0.6) is 0 Å². The van der Waals surface area contributed by atoms with Crippen LogP contribution in [0.1, 0.15) is 52.4 Å². The molecule has 1 saturated heterocycles. The van der Waals surface area contributed by atoms with Crippen LogP contribution < -0.4 is 0 Å². The number of thioether (sulfide) groups is 1. The topological polar surface area (TPSA) is 119 Å². The first-order chi connectivity index (χ1) is 23.2. The summed E-state index contributed by atoms with van der Waals surface area (Å²) >= 11 is 1.36. The standard InChI is InChI=1S/C35H33F3N4O5S/c1-23(48-28-18-45-33(46-19-28)9-5-3-6-25-11-10-24(16-39)14-31(25)37)35(20-42-22-40-21-41-42,30-13-12-27(36)15-32(30)38)47-34(44)29-8-4-2-7-26(29)17-43/h2-4,6-8,10-15,21-23,28,33,43H,5,9,17-20H2,1H3/b6-3+/t23-,28?,33?,35-/m1/s1. The lowest BCUT2D eigenvalue weighted by Crippen LogP contribution is -2.47. The molecule has 0 radical (unpaired) electrons. The van der Waals surface area contributed by atoms with E-state index in [1.165, 1.54) is 47.3 Å². The minimum Gasteiger partial charge on any atom is -0.447 e. The smallest absolute Gasteiger partial charge is 0.339 e. The molecule has 4 aromatic rings. The molecule has 2 heterocycles. The fraction of sp³-hybridized carbons (Fsp3) is 0.314. The second kappa shape index (κ2) is 16.1. The molecule has 1 aliphatic rings. The van der Waals surface area contributed by atoms with Gasteiger partial charge in [0.1, 0.15) is 30.1 Å². The van der Waals surface area contributed by atoms with Gasteiger partial charge in [-0.05, 0) is 49.2 Å². The Morgan fingerprint density at radius 2 is 1.96 bits per heavy atom. The van der Waals surface area contributed by atoms with Crippen LogP contribution in [0.25, 0.3) is 6.08 Å². The summed E-state index contributed by atoms with van der Waals surface area (Å²) in [5, 5.41) is 22.0. The van der Waals surface area contributed by atoms with Crippen molar-refractivity contribution in [3.8, 4) is 6.07 Å². The summed E-state index contributed by atoms with van der Waals surface area (Å²) in [6.45, 7) is 1.76. The Hall–Kier alpha value is -4.48. The predicted molar refractivity (Wildman–Crippen MR) is 172 cm³/mol. The molecule has 13 heteroatoms. The lowest BCUT2D eigenvalue weighted by Gasteiger charge is -2.41. The monoisotopic (exact) mass is 678 g/mol. The first kappa shape index (κ1) is 34.8. The van der Waals surface area contributed by atoms with Crippen molar-refractivity contribution in [3.05, 3.63) is 125 Å². The highest BCUT2D eigenvalue weighted by Crippen LogP contribution is 2.42. The van der Waals surface area contributed by atoms with Gasteiger partial charge in [-0.2, -0.15) is 10.4 Å². The van der Waals surface area contributed by atoms with Gasteiger partial charge in [0.05, 0.1) is 48.8 Å². The van der Waals surface area contributed by atoms with Gasteiger partial charge in [-0.25, -0.2) is 27.6 Å². The zero-order chi connectivity index (χ0) is 34.1. The van der Waals surface area contributed by atoms with E-state index in [4.69, 9.17) is 19.5 Å². The zero-order valence-electron chi connectivity index (χ0n) is 26.0. The highest BCUT2D eigenvalue weighted by Gasteiger charge is 2.47. The van der Waals surface area contributed by atoms with E-state index in [2.05, 4.69) is 10.1 Å². The number of rotatable bonds is 13.